The molecule has 3 heteroatoms. The Bertz CT molecular complexity index is 624. The van der Waals surface area contributed by atoms with E-state index in [9.17, 15) is 5.26 Å². The van der Waals surface area contributed by atoms with Gasteiger partial charge in [0.15, 0.2) is 0 Å². The monoisotopic (exact) mass is 237 g/mol. The highest BCUT2D eigenvalue weighted by molar-refractivity contribution is 5.67. The van der Waals surface area contributed by atoms with Gasteiger partial charge in [-0.2, -0.15) is 5.26 Å². The molecule has 0 aliphatic carbocycles. The number of aromatic nitrogens is 1. The number of rotatable bonds is 2. The van der Waals surface area contributed by atoms with E-state index in [-0.39, 0.29) is 0 Å². The third kappa shape index (κ3) is 2.33. The number of anilines is 2. The van der Waals surface area contributed by atoms with Crippen LogP contribution in [-0.2, 0) is 0 Å². The minimum Gasteiger partial charge on any atom is -0.339 e. The van der Waals surface area contributed by atoms with E-state index >= 15 is 0 Å². The summed E-state index contributed by atoms with van der Waals surface area (Å²) in [5, 5.41) is 12.4. The first kappa shape index (κ1) is 12.1. The van der Waals surface area contributed by atoms with Crippen molar-refractivity contribution in [3.8, 4) is 6.07 Å². The lowest BCUT2D eigenvalue weighted by molar-refractivity contribution is 1.24. The summed E-state index contributed by atoms with van der Waals surface area (Å²) in [5.41, 5.74) is 4.82. The first-order chi connectivity index (χ1) is 8.61. The molecule has 0 amide bonds. The molecule has 0 saturated heterocycles. The molecular formula is C15H15N3. The number of hydrogen-bond donors (Lipinski definition) is 1. The highest BCUT2D eigenvalue weighted by Gasteiger charge is 2.07. The number of nitrogens with one attached hydrogen (secondary N) is 1. The van der Waals surface area contributed by atoms with Crippen LogP contribution in [0, 0.1) is 32.1 Å². The predicted octanol–water partition coefficient (Wildman–Crippen LogP) is 3.62. The summed E-state index contributed by atoms with van der Waals surface area (Å²) in [4.78, 5) is 4.24. The molecule has 0 spiro atoms. The molecule has 18 heavy (non-hydrogen) atoms. The van der Waals surface area contributed by atoms with Gasteiger partial charge in [-0.1, -0.05) is 12.1 Å². The van der Waals surface area contributed by atoms with Crippen LogP contribution in [0.3, 0.4) is 0 Å². The van der Waals surface area contributed by atoms with E-state index < -0.39 is 0 Å². The van der Waals surface area contributed by atoms with Crippen LogP contribution < -0.4 is 5.32 Å². The average Bonchev–Trinajstić information content (AvgIpc) is 2.34. The number of benzene rings is 1. The topological polar surface area (TPSA) is 48.7 Å². The fourth-order valence-electron chi connectivity index (χ4n) is 1.79. The molecule has 0 unspecified atom stereocenters. The van der Waals surface area contributed by atoms with Gasteiger partial charge >= 0.3 is 0 Å². The van der Waals surface area contributed by atoms with E-state index in [2.05, 4.69) is 34.6 Å². The molecule has 0 fully saturated rings. The van der Waals surface area contributed by atoms with Crippen LogP contribution in [0.4, 0.5) is 11.5 Å². The second-order valence-electron chi connectivity index (χ2n) is 4.41. The zero-order valence-corrected chi connectivity index (χ0v) is 10.8. The minimum atomic E-state index is 0.596. The van der Waals surface area contributed by atoms with E-state index in [0.29, 0.717) is 11.4 Å². The van der Waals surface area contributed by atoms with Crippen LogP contribution in [0.5, 0.6) is 0 Å². The van der Waals surface area contributed by atoms with Crippen LogP contribution in [0.25, 0.3) is 0 Å². The van der Waals surface area contributed by atoms with Gasteiger partial charge in [0.25, 0.3) is 0 Å². The van der Waals surface area contributed by atoms with Gasteiger partial charge in [0, 0.05) is 11.9 Å². The lowest BCUT2D eigenvalue weighted by Gasteiger charge is -2.11. The molecule has 1 heterocycles. The molecule has 1 aromatic carbocycles. The molecule has 0 saturated carbocycles. The van der Waals surface area contributed by atoms with Crippen LogP contribution in [0.15, 0.2) is 30.5 Å². The quantitative estimate of drug-likeness (QED) is 0.867. The zero-order chi connectivity index (χ0) is 13.1. The normalized spacial score (nSPS) is 9.89. The Hall–Kier alpha value is -2.34. The summed E-state index contributed by atoms with van der Waals surface area (Å²) in [7, 11) is 0. The second kappa shape index (κ2) is 4.89. The average molecular weight is 237 g/mol. The molecule has 2 aromatic rings. The van der Waals surface area contributed by atoms with Crippen molar-refractivity contribution >= 4 is 11.5 Å². The van der Waals surface area contributed by atoms with Crippen molar-refractivity contribution in [1.29, 1.82) is 5.26 Å². The maximum Gasteiger partial charge on any atom is 0.148 e. The van der Waals surface area contributed by atoms with Crippen molar-refractivity contribution in [2.24, 2.45) is 0 Å². The molecule has 1 aromatic heterocycles. The molecule has 3 nitrogen and oxygen atoms in total. The van der Waals surface area contributed by atoms with E-state index in [1.807, 2.05) is 26.8 Å². The van der Waals surface area contributed by atoms with Gasteiger partial charge in [-0.05, 0) is 49.6 Å². The van der Waals surface area contributed by atoms with Gasteiger partial charge in [0.2, 0.25) is 0 Å². The Morgan fingerprint density at radius 2 is 1.89 bits per heavy atom. The third-order valence-corrected chi connectivity index (χ3v) is 2.92. The molecule has 0 aliphatic rings. The van der Waals surface area contributed by atoms with Crippen LogP contribution in [0.2, 0.25) is 0 Å². The van der Waals surface area contributed by atoms with E-state index in [1.165, 1.54) is 5.56 Å². The molecule has 0 radical (unpaired) electrons. The Morgan fingerprint density at radius 1 is 1.11 bits per heavy atom. The lowest BCUT2D eigenvalue weighted by atomic mass is 10.1. The summed E-state index contributed by atoms with van der Waals surface area (Å²) in [6, 6.07) is 10.2. The Balaban J connectivity index is 2.44. The summed E-state index contributed by atoms with van der Waals surface area (Å²) in [5.74, 6) is 0.617. The highest BCUT2D eigenvalue weighted by Crippen LogP contribution is 2.23. The standard InChI is InChI=1S/C15H15N3/c1-10-4-5-12(3)14(8-10)18-15-13(9-16)11(2)6-7-17-15/h4-8H,1-3H3,(H,17,18). The lowest BCUT2D eigenvalue weighted by Crippen LogP contribution is -2.00. The molecule has 2 rings (SSSR count). The summed E-state index contributed by atoms with van der Waals surface area (Å²) >= 11 is 0. The number of nitriles is 1. The van der Waals surface area contributed by atoms with Crippen LogP contribution >= 0.6 is 0 Å². The Kier molecular flexibility index (Phi) is 3.29. The maximum atomic E-state index is 9.17. The number of nitrogens with zero attached hydrogens (tertiary/aromatic N) is 2. The molecule has 0 atom stereocenters. The van der Waals surface area contributed by atoms with Crippen molar-refractivity contribution in [3.05, 3.63) is 52.7 Å². The zero-order valence-electron chi connectivity index (χ0n) is 10.8. The highest BCUT2D eigenvalue weighted by atomic mass is 15.0. The van der Waals surface area contributed by atoms with Crippen LogP contribution in [0.1, 0.15) is 22.3 Å². The van der Waals surface area contributed by atoms with Gasteiger partial charge in [-0.3, -0.25) is 0 Å². The van der Waals surface area contributed by atoms with Crippen LogP contribution in [-0.4, -0.2) is 4.98 Å². The van der Waals surface area contributed by atoms with Crippen molar-refractivity contribution in [2.75, 3.05) is 5.32 Å². The molecule has 0 bridgehead atoms. The fourth-order valence-corrected chi connectivity index (χ4v) is 1.79. The Labute approximate surface area is 107 Å². The molecule has 0 aliphatic heterocycles. The fraction of sp³-hybridized carbons (Fsp3) is 0.200. The summed E-state index contributed by atoms with van der Waals surface area (Å²) < 4.78 is 0. The van der Waals surface area contributed by atoms with Gasteiger partial charge in [-0.25, -0.2) is 4.98 Å². The molecular weight excluding hydrogens is 222 g/mol. The third-order valence-electron chi connectivity index (χ3n) is 2.92. The van der Waals surface area contributed by atoms with E-state index in [1.54, 1.807) is 6.20 Å². The van der Waals surface area contributed by atoms with Crippen molar-refractivity contribution < 1.29 is 0 Å². The van der Waals surface area contributed by atoms with E-state index in [0.717, 1.165) is 16.8 Å². The van der Waals surface area contributed by atoms with E-state index in [4.69, 9.17) is 0 Å². The van der Waals surface area contributed by atoms with Crippen molar-refractivity contribution in [3.63, 3.8) is 0 Å². The summed E-state index contributed by atoms with van der Waals surface area (Å²) in [6.07, 6.45) is 1.71. The first-order valence-electron chi connectivity index (χ1n) is 5.82. The minimum absolute atomic E-state index is 0.596. The predicted molar refractivity (Wildman–Crippen MR) is 72.9 cm³/mol. The van der Waals surface area contributed by atoms with Crippen molar-refractivity contribution in [2.45, 2.75) is 20.8 Å². The van der Waals surface area contributed by atoms with Crippen molar-refractivity contribution in [1.82, 2.24) is 4.98 Å². The number of hydrogen-bond acceptors (Lipinski definition) is 3. The number of aryl methyl sites for hydroxylation is 3. The first-order valence-corrected chi connectivity index (χ1v) is 5.82. The second-order valence-corrected chi connectivity index (χ2v) is 4.41. The summed E-state index contributed by atoms with van der Waals surface area (Å²) in [6.45, 7) is 5.98. The van der Waals surface area contributed by atoms with Gasteiger partial charge in [0.1, 0.15) is 11.9 Å². The molecule has 90 valence electrons. The van der Waals surface area contributed by atoms with Gasteiger partial charge in [-0.15, -0.1) is 0 Å². The SMILES string of the molecule is Cc1ccc(C)c(Nc2nccc(C)c2C#N)c1. The maximum absolute atomic E-state index is 9.17. The largest absolute Gasteiger partial charge is 0.339 e. The Morgan fingerprint density at radius 3 is 2.61 bits per heavy atom. The smallest absolute Gasteiger partial charge is 0.148 e. The van der Waals surface area contributed by atoms with Gasteiger partial charge < -0.3 is 5.32 Å². The van der Waals surface area contributed by atoms with Gasteiger partial charge in [0.05, 0.1) is 5.56 Å². The molecule has 1 N–H and O–H groups in total. The number of pyridine rings is 1.